The molecule has 1 unspecified atom stereocenters. The van der Waals surface area contributed by atoms with E-state index in [-0.39, 0.29) is 52.6 Å². The van der Waals surface area contributed by atoms with Gasteiger partial charge < -0.3 is 15.7 Å². The van der Waals surface area contributed by atoms with Gasteiger partial charge in [0.1, 0.15) is 17.1 Å². The number of nitrogens with one attached hydrogen (secondary N) is 2. The average molecular weight is 548 g/mol. The van der Waals surface area contributed by atoms with Crippen LogP contribution in [0.4, 0.5) is 10.1 Å². The number of anilines is 1. The highest BCUT2D eigenvalue weighted by Crippen LogP contribution is 2.29. The van der Waals surface area contributed by atoms with Gasteiger partial charge in [-0.25, -0.2) is 14.1 Å². The molecule has 1 atom stereocenters. The number of alkyl halides is 1. The molecule has 5 rings (SSSR count). The number of hydrazone groups is 1. The molecule has 1 saturated carbocycles. The Bertz CT molecular complexity index is 1480. The van der Waals surface area contributed by atoms with Crippen LogP contribution in [0.5, 0.6) is 5.75 Å². The third-order valence-corrected chi connectivity index (χ3v) is 6.59. The Labute approximate surface area is 230 Å². The highest BCUT2D eigenvalue weighted by molar-refractivity contribution is 6.22. The molecule has 2 aliphatic carbocycles. The smallest absolute Gasteiger partial charge is 0.274 e. The van der Waals surface area contributed by atoms with E-state index in [0.717, 1.165) is 12.8 Å². The summed E-state index contributed by atoms with van der Waals surface area (Å²) in [7, 11) is 0. The second kappa shape index (κ2) is 11.2. The third kappa shape index (κ3) is 6.00. The number of hydrogen-bond acceptors (Lipinski definition) is 8. The van der Waals surface area contributed by atoms with Crippen LogP contribution in [0.2, 0.25) is 0 Å². The highest BCUT2D eigenvalue weighted by atomic mass is 19.1. The molecule has 2 aromatic rings. The van der Waals surface area contributed by atoms with Crippen molar-refractivity contribution in [3.05, 3.63) is 58.9 Å². The number of aryl methyl sites for hydroxylation is 1. The lowest BCUT2D eigenvalue weighted by Gasteiger charge is -2.20. The number of halogens is 1. The van der Waals surface area contributed by atoms with E-state index in [9.17, 15) is 23.9 Å². The van der Waals surface area contributed by atoms with Crippen molar-refractivity contribution in [2.24, 2.45) is 10.1 Å². The maximum Gasteiger partial charge on any atom is 0.274 e. The minimum Gasteiger partial charge on any atom is -0.508 e. The first-order valence-electron chi connectivity index (χ1n) is 13.2. The fourth-order valence-corrected chi connectivity index (χ4v) is 4.43. The lowest BCUT2D eigenvalue weighted by Crippen LogP contribution is -2.28. The summed E-state index contributed by atoms with van der Waals surface area (Å²) in [5, 5.41) is 26.2. The van der Waals surface area contributed by atoms with Crippen molar-refractivity contribution in [1.82, 2.24) is 20.1 Å². The molecule has 0 spiro atoms. The molecular weight excluding hydrogens is 517 g/mol. The van der Waals surface area contributed by atoms with Gasteiger partial charge in [0.2, 0.25) is 5.78 Å². The van der Waals surface area contributed by atoms with Crippen LogP contribution in [0, 0.1) is 6.92 Å². The zero-order valence-corrected chi connectivity index (χ0v) is 22.2. The zero-order chi connectivity index (χ0) is 28.4. The molecule has 2 heterocycles. The Hall–Kier alpha value is -4.61. The van der Waals surface area contributed by atoms with Gasteiger partial charge in [-0.3, -0.25) is 19.4 Å². The molecule has 40 heavy (non-hydrogen) atoms. The van der Waals surface area contributed by atoms with E-state index in [1.807, 2.05) is 0 Å². The molecule has 11 nitrogen and oxygen atoms in total. The van der Waals surface area contributed by atoms with Crippen molar-refractivity contribution in [1.29, 1.82) is 0 Å². The minimum absolute atomic E-state index is 0.0373. The van der Waals surface area contributed by atoms with Crippen molar-refractivity contribution in [3.63, 3.8) is 0 Å². The van der Waals surface area contributed by atoms with Crippen molar-refractivity contribution in [2.75, 3.05) is 11.9 Å². The molecule has 12 heteroatoms. The number of carbonyl (C=O) groups is 3. The van der Waals surface area contributed by atoms with Gasteiger partial charge in [-0.15, -0.1) is 0 Å². The van der Waals surface area contributed by atoms with Crippen LogP contribution in [0.15, 0.2) is 46.5 Å². The predicted octanol–water partition coefficient (Wildman–Crippen LogP) is 3.36. The average Bonchev–Trinajstić information content (AvgIpc) is 3.68. The quantitative estimate of drug-likeness (QED) is 0.433. The first-order chi connectivity index (χ1) is 19.2. The summed E-state index contributed by atoms with van der Waals surface area (Å²) in [6.45, 7) is 3.48. The number of allylic oxidation sites excluding steroid dienone is 4. The molecule has 3 aliphatic rings. The summed E-state index contributed by atoms with van der Waals surface area (Å²) in [5.41, 5.74) is 1.58. The molecular formula is C28H30FN7O4. The molecule has 0 radical (unpaired) electrons. The number of aromatic hydroxyl groups is 1. The second-order valence-electron chi connectivity index (χ2n) is 9.99. The van der Waals surface area contributed by atoms with E-state index >= 15 is 0 Å². The Balaban J connectivity index is 1.49. The minimum atomic E-state index is -1.35. The van der Waals surface area contributed by atoms with Gasteiger partial charge in [0.15, 0.2) is 12.0 Å². The number of benzene rings is 1. The van der Waals surface area contributed by atoms with E-state index in [1.165, 1.54) is 35.9 Å². The topological polar surface area (TPSA) is 141 Å². The molecule has 0 saturated heterocycles. The summed E-state index contributed by atoms with van der Waals surface area (Å²) in [6, 6.07) is 4.38. The van der Waals surface area contributed by atoms with Crippen LogP contribution in [0.1, 0.15) is 64.7 Å². The monoisotopic (exact) mass is 547 g/mol. The summed E-state index contributed by atoms with van der Waals surface area (Å²) in [6.07, 6.45) is 8.15. The Morgan fingerprint density at radius 2 is 2.00 bits per heavy atom. The summed E-state index contributed by atoms with van der Waals surface area (Å²) in [5.74, 6) is -1.37. The van der Waals surface area contributed by atoms with Gasteiger partial charge in [0.05, 0.1) is 30.0 Å². The predicted molar refractivity (Wildman–Crippen MR) is 148 cm³/mol. The SMILES string of the molecule is Cc1cc(O)cc(C(=O)NC2CC2)c1NC(=O)c1cc(CN2CC=NC(C(C)F)=N2)nn1C1=CCCC=CC1=O. The first kappa shape index (κ1) is 27.0. The van der Waals surface area contributed by atoms with Crippen LogP contribution in [-0.4, -0.2) is 68.3 Å². The second-order valence-corrected chi connectivity index (χ2v) is 9.99. The van der Waals surface area contributed by atoms with Gasteiger partial charge in [0, 0.05) is 12.3 Å². The maximum absolute atomic E-state index is 13.8. The Kier molecular flexibility index (Phi) is 7.58. The molecule has 1 aromatic carbocycles. The summed E-state index contributed by atoms with van der Waals surface area (Å²) in [4.78, 5) is 43.5. The van der Waals surface area contributed by atoms with Crippen LogP contribution in [-0.2, 0) is 11.3 Å². The molecule has 208 valence electrons. The lowest BCUT2D eigenvalue weighted by atomic mass is 10.1. The van der Waals surface area contributed by atoms with Crippen LogP contribution in [0.25, 0.3) is 5.70 Å². The molecule has 1 fully saturated rings. The Morgan fingerprint density at radius 3 is 2.75 bits per heavy atom. The van der Waals surface area contributed by atoms with Gasteiger partial charge in [-0.1, -0.05) is 12.2 Å². The molecule has 0 bridgehead atoms. The van der Waals surface area contributed by atoms with Gasteiger partial charge in [0.25, 0.3) is 11.8 Å². The standard InChI is InChI=1S/C28H30FN7O4/c1-16-12-20(37)14-21(27(39)31-18-8-9-18)25(16)32-28(40)23-13-19(15-35-11-10-30-26(34-35)17(2)29)33-36(23)22-6-4-3-5-7-24(22)38/h5-7,10,12-14,17-18,37H,3-4,8-9,11,15H2,1-2H3,(H,31,39)(H,32,40). The molecule has 2 amide bonds. The third-order valence-electron chi connectivity index (χ3n) is 6.59. The van der Waals surface area contributed by atoms with Crippen molar-refractivity contribution < 1.29 is 23.9 Å². The van der Waals surface area contributed by atoms with Crippen LogP contribution < -0.4 is 10.6 Å². The number of aromatic nitrogens is 2. The Morgan fingerprint density at radius 1 is 1.20 bits per heavy atom. The lowest BCUT2D eigenvalue weighted by molar-refractivity contribution is -0.110. The van der Waals surface area contributed by atoms with Gasteiger partial charge in [-0.05, 0) is 69.4 Å². The number of rotatable bonds is 8. The number of amidine groups is 1. The summed E-state index contributed by atoms with van der Waals surface area (Å²) >= 11 is 0. The number of phenolic OH excluding ortho intramolecular Hbond substituents is 1. The van der Waals surface area contributed by atoms with E-state index in [4.69, 9.17) is 0 Å². The molecule has 3 N–H and O–H groups in total. The zero-order valence-electron chi connectivity index (χ0n) is 22.2. The molecule has 1 aliphatic heterocycles. The van der Waals surface area contributed by atoms with Crippen molar-refractivity contribution in [2.45, 2.75) is 58.3 Å². The highest BCUT2D eigenvalue weighted by Gasteiger charge is 2.28. The van der Waals surface area contributed by atoms with Crippen molar-refractivity contribution in [3.8, 4) is 5.75 Å². The van der Waals surface area contributed by atoms with Crippen LogP contribution >= 0.6 is 0 Å². The maximum atomic E-state index is 13.8. The number of amides is 2. The first-order valence-corrected chi connectivity index (χ1v) is 13.2. The van der Waals surface area contributed by atoms with Crippen LogP contribution in [0.3, 0.4) is 0 Å². The number of nitrogens with zero attached hydrogens (tertiary/aromatic N) is 5. The number of aliphatic imine (C=N–C) groups is 1. The molecule has 1 aromatic heterocycles. The van der Waals surface area contributed by atoms with Crippen molar-refractivity contribution >= 4 is 41.0 Å². The summed E-state index contributed by atoms with van der Waals surface area (Å²) < 4.78 is 15.1. The number of hydrogen-bond donors (Lipinski definition) is 3. The number of ketones is 1. The van der Waals surface area contributed by atoms with E-state index in [0.29, 0.717) is 30.6 Å². The van der Waals surface area contributed by atoms with E-state index < -0.39 is 18.0 Å². The number of carbonyl (C=O) groups excluding carboxylic acids is 3. The van der Waals surface area contributed by atoms with Gasteiger partial charge in [-0.2, -0.15) is 10.2 Å². The fraction of sp³-hybridized carbons (Fsp3) is 0.357. The van der Waals surface area contributed by atoms with E-state index in [1.54, 1.807) is 30.3 Å². The normalized spacial score (nSPS) is 17.7. The van der Waals surface area contributed by atoms with E-state index in [2.05, 4.69) is 25.8 Å². The fourth-order valence-electron chi connectivity index (χ4n) is 4.43. The number of phenols is 1. The largest absolute Gasteiger partial charge is 0.508 e. The van der Waals surface area contributed by atoms with Gasteiger partial charge >= 0.3 is 0 Å².